The number of aliphatic hydroxyl groups excluding tert-OH is 1. The molecule has 2 saturated heterocycles. The van der Waals surface area contributed by atoms with Crippen LogP contribution in [-0.2, 0) is 4.79 Å². The average molecular weight is 277 g/mol. The van der Waals surface area contributed by atoms with Crippen molar-refractivity contribution in [2.24, 2.45) is 5.92 Å². The van der Waals surface area contributed by atoms with E-state index in [2.05, 4.69) is 5.32 Å². The predicted molar refractivity (Wildman–Crippen MR) is 73.9 cm³/mol. The number of nitrogens with one attached hydrogen (secondary N) is 1. The van der Waals surface area contributed by atoms with Crippen molar-refractivity contribution in [3.05, 3.63) is 35.6 Å². The number of halogens is 1. The summed E-state index contributed by atoms with van der Waals surface area (Å²) in [6.45, 7) is 1.86. The molecule has 1 aromatic rings. The predicted octanol–water partition coefficient (Wildman–Crippen LogP) is 2.00. The van der Waals surface area contributed by atoms with E-state index in [0.29, 0.717) is 12.8 Å². The fraction of sp³-hybridized carbons (Fsp3) is 0.562. The van der Waals surface area contributed by atoms with Crippen molar-refractivity contribution in [1.29, 1.82) is 0 Å². The van der Waals surface area contributed by atoms with Crippen LogP contribution in [0.15, 0.2) is 24.3 Å². The molecule has 0 saturated carbocycles. The van der Waals surface area contributed by atoms with Crippen LogP contribution in [0.4, 0.5) is 4.39 Å². The fourth-order valence-corrected chi connectivity index (χ4v) is 3.81. The number of carbonyl (C=O) groups excluding carboxylic acids is 1. The summed E-state index contributed by atoms with van der Waals surface area (Å²) < 4.78 is 13.1. The summed E-state index contributed by atoms with van der Waals surface area (Å²) in [7, 11) is 0. The van der Waals surface area contributed by atoms with E-state index in [9.17, 15) is 14.3 Å². The van der Waals surface area contributed by atoms with Gasteiger partial charge in [0, 0.05) is 24.4 Å². The summed E-state index contributed by atoms with van der Waals surface area (Å²) in [5, 5.41) is 13.5. The first kappa shape index (κ1) is 13.7. The Morgan fingerprint density at radius 3 is 2.70 bits per heavy atom. The zero-order valence-corrected chi connectivity index (χ0v) is 11.6. The lowest BCUT2D eigenvalue weighted by molar-refractivity contribution is -0.125. The highest BCUT2D eigenvalue weighted by atomic mass is 19.1. The molecule has 2 heterocycles. The van der Waals surface area contributed by atoms with Crippen LogP contribution in [0.2, 0.25) is 0 Å². The SMILES string of the molecule is CCC(=O)[C@H]1[C@@H](c2ccc(F)cc2)CC2CC(O)[C@@H]1N2. The Hall–Kier alpha value is -1.26. The van der Waals surface area contributed by atoms with E-state index in [-0.39, 0.29) is 35.5 Å². The molecule has 0 spiro atoms. The third-order valence-corrected chi connectivity index (χ3v) is 4.75. The van der Waals surface area contributed by atoms with E-state index < -0.39 is 6.10 Å². The minimum absolute atomic E-state index is 0.0800. The van der Waals surface area contributed by atoms with Gasteiger partial charge in [-0.3, -0.25) is 4.79 Å². The molecule has 3 rings (SSSR count). The highest BCUT2D eigenvalue weighted by Crippen LogP contribution is 2.42. The molecule has 0 amide bonds. The van der Waals surface area contributed by atoms with E-state index >= 15 is 0 Å². The summed E-state index contributed by atoms with van der Waals surface area (Å²) in [4.78, 5) is 12.3. The summed E-state index contributed by atoms with van der Waals surface area (Å²) in [6, 6.07) is 6.54. The summed E-state index contributed by atoms with van der Waals surface area (Å²) in [5.41, 5.74) is 1.00. The molecule has 2 N–H and O–H groups in total. The second-order valence-electron chi connectivity index (χ2n) is 5.93. The molecule has 4 heteroatoms. The maximum atomic E-state index is 13.1. The van der Waals surface area contributed by atoms with Gasteiger partial charge >= 0.3 is 0 Å². The lowest BCUT2D eigenvalue weighted by Crippen LogP contribution is -2.50. The zero-order chi connectivity index (χ0) is 14.3. The monoisotopic (exact) mass is 277 g/mol. The maximum Gasteiger partial charge on any atom is 0.137 e. The smallest absolute Gasteiger partial charge is 0.137 e. The summed E-state index contributed by atoms with van der Waals surface area (Å²) in [5.74, 6) is -0.212. The van der Waals surface area contributed by atoms with Crippen molar-refractivity contribution >= 4 is 5.78 Å². The van der Waals surface area contributed by atoms with Crippen LogP contribution >= 0.6 is 0 Å². The van der Waals surface area contributed by atoms with Crippen molar-refractivity contribution in [2.45, 2.75) is 50.3 Å². The lowest BCUT2D eigenvalue weighted by Gasteiger charge is -2.37. The molecule has 3 nitrogen and oxygen atoms in total. The first-order valence-corrected chi connectivity index (χ1v) is 7.32. The van der Waals surface area contributed by atoms with Crippen molar-refractivity contribution in [1.82, 2.24) is 5.32 Å². The number of rotatable bonds is 3. The Morgan fingerprint density at radius 2 is 2.05 bits per heavy atom. The lowest BCUT2D eigenvalue weighted by atomic mass is 9.74. The highest BCUT2D eigenvalue weighted by Gasteiger charge is 2.49. The van der Waals surface area contributed by atoms with Crippen LogP contribution in [0.1, 0.15) is 37.7 Å². The Labute approximate surface area is 118 Å². The Bertz CT molecular complexity index is 502. The topological polar surface area (TPSA) is 49.3 Å². The molecule has 0 aliphatic carbocycles. The van der Waals surface area contributed by atoms with Crippen molar-refractivity contribution in [2.75, 3.05) is 0 Å². The van der Waals surface area contributed by atoms with E-state index in [0.717, 1.165) is 12.0 Å². The van der Waals surface area contributed by atoms with Crippen LogP contribution in [0.3, 0.4) is 0 Å². The molecule has 1 aromatic carbocycles. The molecule has 2 aliphatic rings. The number of ketones is 1. The molecule has 108 valence electrons. The minimum atomic E-state index is -0.453. The van der Waals surface area contributed by atoms with Gasteiger partial charge in [0.05, 0.1) is 6.10 Å². The van der Waals surface area contributed by atoms with Crippen LogP contribution in [0, 0.1) is 11.7 Å². The number of Topliss-reactive ketones (excluding diaryl/α,β-unsaturated/α-hetero) is 1. The van der Waals surface area contributed by atoms with E-state index in [1.54, 1.807) is 12.1 Å². The van der Waals surface area contributed by atoms with Crippen molar-refractivity contribution in [3.63, 3.8) is 0 Å². The van der Waals surface area contributed by atoms with Crippen LogP contribution in [0.25, 0.3) is 0 Å². The largest absolute Gasteiger partial charge is 0.391 e. The molecule has 2 unspecified atom stereocenters. The van der Waals surface area contributed by atoms with Crippen LogP contribution in [-0.4, -0.2) is 29.1 Å². The molecule has 5 atom stereocenters. The first-order chi connectivity index (χ1) is 9.60. The molecule has 2 fully saturated rings. The Morgan fingerprint density at radius 1 is 1.35 bits per heavy atom. The molecule has 2 bridgehead atoms. The number of carbonyl (C=O) groups is 1. The normalized spacial score (nSPS) is 36.0. The quantitative estimate of drug-likeness (QED) is 0.888. The van der Waals surface area contributed by atoms with Gasteiger partial charge in [-0.15, -0.1) is 0 Å². The van der Waals surface area contributed by atoms with Crippen LogP contribution in [0.5, 0.6) is 0 Å². The molecule has 0 aromatic heterocycles. The molecular formula is C16H20FNO2. The second kappa shape index (κ2) is 5.26. The maximum absolute atomic E-state index is 13.1. The van der Waals surface area contributed by atoms with E-state index in [1.807, 2.05) is 6.92 Å². The van der Waals surface area contributed by atoms with Gasteiger partial charge in [0.2, 0.25) is 0 Å². The van der Waals surface area contributed by atoms with Gasteiger partial charge in [0.25, 0.3) is 0 Å². The minimum Gasteiger partial charge on any atom is -0.391 e. The molecule has 20 heavy (non-hydrogen) atoms. The van der Waals surface area contributed by atoms with E-state index in [1.165, 1.54) is 12.1 Å². The van der Waals surface area contributed by atoms with Gasteiger partial charge in [-0.05, 0) is 36.5 Å². The number of fused-ring (bicyclic) bond motifs is 2. The van der Waals surface area contributed by atoms with Crippen molar-refractivity contribution in [3.8, 4) is 0 Å². The van der Waals surface area contributed by atoms with Gasteiger partial charge in [-0.2, -0.15) is 0 Å². The van der Waals surface area contributed by atoms with Gasteiger partial charge in [0.15, 0.2) is 0 Å². The van der Waals surface area contributed by atoms with E-state index in [4.69, 9.17) is 0 Å². The summed E-state index contributed by atoms with van der Waals surface area (Å²) >= 11 is 0. The second-order valence-corrected chi connectivity index (χ2v) is 5.93. The number of hydrogen-bond donors (Lipinski definition) is 2. The number of piperidine rings is 1. The van der Waals surface area contributed by atoms with Gasteiger partial charge in [-0.1, -0.05) is 19.1 Å². The zero-order valence-electron chi connectivity index (χ0n) is 11.6. The summed E-state index contributed by atoms with van der Waals surface area (Å²) in [6.07, 6.45) is 1.55. The Balaban J connectivity index is 1.95. The number of aliphatic hydroxyl groups is 1. The Kier molecular flexibility index (Phi) is 3.61. The standard InChI is InChI=1S/C16H20FNO2/c1-2-13(19)15-12(9-3-5-10(17)6-4-9)7-11-8-14(20)16(15)18-11/h3-6,11-12,14-16,18,20H,2,7-8H2,1H3/t11?,12-,14?,15-,16+/m1/s1. The number of hydrogen-bond acceptors (Lipinski definition) is 3. The molecule has 0 radical (unpaired) electrons. The number of benzene rings is 1. The third-order valence-electron chi connectivity index (χ3n) is 4.75. The molecular weight excluding hydrogens is 257 g/mol. The fourth-order valence-electron chi connectivity index (χ4n) is 3.81. The van der Waals surface area contributed by atoms with Gasteiger partial charge in [-0.25, -0.2) is 4.39 Å². The highest BCUT2D eigenvalue weighted by molar-refractivity contribution is 5.83. The average Bonchev–Trinajstić information content (AvgIpc) is 2.74. The third kappa shape index (κ3) is 2.27. The van der Waals surface area contributed by atoms with Gasteiger partial charge in [0.1, 0.15) is 11.6 Å². The van der Waals surface area contributed by atoms with Gasteiger partial charge < -0.3 is 10.4 Å². The van der Waals surface area contributed by atoms with Crippen LogP contribution < -0.4 is 5.32 Å². The van der Waals surface area contributed by atoms with Crippen molar-refractivity contribution < 1.29 is 14.3 Å². The molecule has 2 aliphatic heterocycles. The first-order valence-electron chi connectivity index (χ1n) is 7.32.